The van der Waals surface area contributed by atoms with Gasteiger partial charge in [0, 0.05) is 5.67 Å². The molecule has 8 heavy (non-hydrogen) atoms. The molecule has 0 bridgehead atoms. The van der Waals surface area contributed by atoms with Crippen molar-refractivity contribution in [3.63, 3.8) is 0 Å². The molecule has 0 aromatic heterocycles. The molecule has 1 atom stereocenters. The maximum absolute atomic E-state index is 9.03. The summed E-state index contributed by atoms with van der Waals surface area (Å²) >= 11 is 0. The van der Waals surface area contributed by atoms with E-state index in [9.17, 15) is 0 Å². The van der Waals surface area contributed by atoms with Crippen molar-refractivity contribution in [2.45, 2.75) is 24.6 Å². The van der Waals surface area contributed by atoms with Crippen LogP contribution in [0.4, 0.5) is 0 Å². The van der Waals surface area contributed by atoms with Crippen molar-refractivity contribution in [3.8, 4) is 0 Å². The van der Waals surface area contributed by atoms with Gasteiger partial charge >= 0.3 is 8.56 Å². The molecule has 1 aliphatic heterocycles. The topological polar surface area (TPSA) is 66.5 Å². The molecule has 0 aromatic carbocycles. The van der Waals surface area contributed by atoms with Crippen LogP contribution in [0.5, 0.6) is 0 Å². The van der Waals surface area contributed by atoms with Gasteiger partial charge in [-0.2, -0.15) is 0 Å². The second-order valence-electron chi connectivity index (χ2n) is 2.38. The Labute approximate surface area is 49.4 Å². The van der Waals surface area contributed by atoms with Crippen molar-refractivity contribution in [1.29, 1.82) is 0 Å². The van der Waals surface area contributed by atoms with Crippen LogP contribution in [-0.4, -0.2) is 23.8 Å². The summed E-state index contributed by atoms with van der Waals surface area (Å²) in [7, 11) is -2.87. The highest BCUT2D eigenvalue weighted by molar-refractivity contribution is 6.67. The highest BCUT2D eigenvalue weighted by Gasteiger charge is 2.41. The number of hydrogen-bond acceptors (Lipinski definition) is 3. The lowest BCUT2D eigenvalue weighted by Gasteiger charge is -2.14. The predicted molar refractivity (Wildman–Crippen MR) is 32.2 cm³/mol. The van der Waals surface area contributed by atoms with E-state index >= 15 is 0 Å². The molecule has 0 spiro atoms. The average Bonchev–Trinajstić information content (AvgIpc) is 1.86. The van der Waals surface area contributed by atoms with Crippen LogP contribution in [0.3, 0.4) is 0 Å². The predicted octanol–water partition coefficient (Wildman–Crippen LogP) is -0.927. The molecule has 1 saturated heterocycles. The van der Waals surface area contributed by atoms with Crippen LogP contribution in [0.2, 0.25) is 6.04 Å². The van der Waals surface area contributed by atoms with Crippen molar-refractivity contribution in [1.82, 2.24) is 0 Å². The Bertz CT molecular complexity index is 96.0. The first kappa shape index (κ1) is 6.22. The van der Waals surface area contributed by atoms with Gasteiger partial charge in [0.05, 0.1) is 0 Å². The molecule has 4 N–H and O–H groups in total. The Hall–Kier alpha value is 0.0969. The van der Waals surface area contributed by atoms with Crippen LogP contribution >= 0.6 is 0 Å². The molecular formula is C4H11NO2Si. The van der Waals surface area contributed by atoms with E-state index in [-0.39, 0.29) is 5.67 Å². The summed E-state index contributed by atoms with van der Waals surface area (Å²) in [4.78, 5) is 18.1. The third-order valence-electron chi connectivity index (χ3n) is 1.65. The molecule has 1 heterocycles. The van der Waals surface area contributed by atoms with Gasteiger partial charge in [0.2, 0.25) is 0 Å². The molecule has 0 aliphatic carbocycles. The molecule has 1 fully saturated rings. The fourth-order valence-corrected chi connectivity index (χ4v) is 2.76. The highest BCUT2D eigenvalue weighted by atomic mass is 28.4. The largest absolute Gasteiger partial charge is 0.410 e. The van der Waals surface area contributed by atoms with Gasteiger partial charge in [0.15, 0.2) is 0 Å². The van der Waals surface area contributed by atoms with Crippen LogP contribution in [-0.2, 0) is 0 Å². The monoisotopic (exact) mass is 133 g/mol. The van der Waals surface area contributed by atoms with E-state index in [0.717, 1.165) is 12.8 Å². The minimum Gasteiger partial charge on any atom is -0.410 e. The summed E-state index contributed by atoms with van der Waals surface area (Å²) in [5, 5.41) is 0. The maximum Gasteiger partial charge on any atom is 0.350 e. The van der Waals surface area contributed by atoms with E-state index in [1.54, 1.807) is 0 Å². The number of hydrogen-bond donors (Lipinski definition) is 3. The molecule has 1 aliphatic rings. The zero-order valence-corrected chi connectivity index (χ0v) is 5.67. The Kier molecular flexibility index (Phi) is 1.40. The first-order valence-electron chi connectivity index (χ1n) is 2.83. The minimum absolute atomic E-state index is 0.289. The molecule has 1 rings (SSSR count). The van der Waals surface area contributed by atoms with Crippen LogP contribution in [0.15, 0.2) is 0 Å². The van der Waals surface area contributed by atoms with Gasteiger partial charge in [-0.05, 0) is 18.9 Å². The second-order valence-corrected chi connectivity index (χ2v) is 5.38. The van der Waals surface area contributed by atoms with E-state index in [2.05, 4.69) is 0 Å². The van der Waals surface area contributed by atoms with Crippen molar-refractivity contribution in [3.05, 3.63) is 0 Å². The van der Waals surface area contributed by atoms with Gasteiger partial charge in [-0.1, -0.05) is 0 Å². The first-order valence-corrected chi connectivity index (χ1v) is 5.01. The molecule has 48 valence electrons. The first-order chi connectivity index (χ1) is 3.63. The maximum atomic E-state index is 9.03. The van der Waals surface area contributed by atoms with E-state index in [0.29, 0.717) is 6.04 Å². The highest BCUT2D eigenvalue weighted by Crippen LogP contribution is 2.22. The summed E-state index contributed by atoms with van der Waals surface area (Å²) in [6.45, 7) is 0. The van der Waals surface area contributed by atoms with Gasteiger partial charge in [0.1, 0.15) is 0 Å². The van der Waals surface area contributed by atoms with E-state index in [1.807, 2.05) is 0 Å². The summed E-state index contributed by atoms with van der Waals surface area (Å²) < 4.78 is 0. The molecule has 4 heteroatoms. The standard InChI is InChI=1S/C4H11NO2Si/c5-4-2-1-3-8(4,6)7/h4,6-7H,1-3,5H2. The fraction of sp³-hybridized carbons (Fsp3) is 1.00. The number of nitrogens with two attached hydrogens (primary N) is 1. The lowest BCUT2D eigenvalue weighted by molar-refractivity contribution is 0.354. The lowest BCUT2D eigenvalue weighted by atomic mass is 10.3. The van der Waals surface area contributed by atoms with Crippen molar-refractivity contribution >= 4 is 8.56 Å². The van der Waals surface area contributed by atoms with Gasteiger partial charge in [-0.3, -0.25) is 0 Å². The van der Waals surface area contributed by atoms with E-state index < -0.39 is 8.56 Å². The lowest BCUT2D eigenvalue weighted by Crippen LogP contribution is -2.48. The van der Waals surface area contributed by atoms with Crippen molar-refractivity contribution < 1.29 is 9.59 Å². The van der Waals surface area contributed by atoms with Gasteiger partial charge in [-0.15, -0.1) is 0 Å². The summed E-state index contributed by atoms with van der Waals surface area (Å²) in [6.07, 6.45) is 1.68. The summed E-state index contributed by atoms with van der Waals surface area (Å²) in [5.41, 5.74) is 5.08. The zero-order chi connectivity index (χ0) is 6.20. The third-order valence-corrected chi connectivity index (χ3v) is 4.22. The minimum atomic E-state index is -2.87. The molecule has 0 radical (unpaired) electrons. The van der Waals surface area contributed by atoms with E-state index in [1.165, 1.54) is 0 Å². The van der Waals surface area contributed by atoms with Crippen LogP contribution in [0.1, 0.15) is 12.8 Å². The Morgan fingerprint density at radius 1 is 1.50 bits per heavy atom. The average molecular weight is 133 g/mol. The quantitative estimate of drug-likeness (QED) is 0.374. The van der Waals surface area contributed by atoms with Crippen LogP contribution < -0.4 is 5.73 Å². The molecule has 3 nitrogen and oxygen atoms in total. The smallest absolute Gasteiger partial charge is 0.350 e. The Balaban J connectivity index is 2.54. The Morgan fingerprint density at radius 2 is 2.12 bits per heavy atom. The van der Waals surface area contributed by atoms with Gasteiger partial charge in [-0.25, -0.2) is 0 Å². The molecular weight excluding hydrogens is 122 g/mol. The summed E-state index contributed by atoms with van der Waals surface area (Å²) in [5.74, 6) is 0. The molecule has 0 saturated carbocycles. The number of rotatable bonds is 0. The fourth-order valence-electron chi connectivity index (χ4n) is 0.999. The van der Waals surface area contributed by atoms with Crippen LogP contribution in [0, 0.1) is 0 Å². The second kappa shape index (κ2) is 1.80. The van der Waals surface area contributed by atoms with Crippen molar-refractivity contribution in [2.75, 3.05) is 0 Å². The molecule has 0 aromatic rings. The van der Waals surface area contributed by atoms with E-state index in [4.69, 9.17) is 15.3 Å². The SMILES string of the molecule is NC1CCC[Si]1(O)O. The molecule has 1 unspecified atom stereocenters. The van der Waals surface area contributed by atoms with Gasteiger partial charge < -0.3 is 15.3 Å². The van der Waals surface area contributed by atoms with Gasteiger partial charge in [0.25, 0.3) is 0 Å². The Morgan fingerprint density at radius 3 is 2.25 bits per heavy atom. The normalized spacial score (nSPS) is 35.6. The third kappa shape index (κ3) is 0.923. The van der Waals surface area contributed by atoms with Crippen LogP contribution in [0.25, 0.3) is 0 Å². The summed E-state index contributed by atoms with van der Waals surface area (Å²) in [6, 6.07) is 0.564. The molecule has 0 amide bonds. The van der Waals surface area contributed by atoms with Crippen molar-refractivity contribution in [2.24, 2.45) is 5.73 Å². The zero-order valence-electron chi connectivity index (χ0n) is 4.67.